The van der Waals surface area contributed by atoms with E-state index >= 15 is 0 Å². The Bertz CT molecular complexity index is 317. The summed E-state index contributed by atoms with van der Waals surface area (Å²) in [5.41, 5.74) is 0.674. The Morgan fingerprint density at radius 3 is 2.50 bits per heavy atom. The van der Waals surface area contributed by atoms with Crippen molar-refractivity contribution in [2.24, 2.45) is 0 Å². The smallest absolute Gasteiger partial charge is 0.127 e. The molecule has 1 rings (SSSR count). The first-order valence-corrected chi connectivity index (χ1v) is 5.84. The Kier molecular flexibility index (Phi) is 5.43. The summed E-state index contributed by atoms with van der Waals surface area (Å²) in [6.07, 6.45) is 1.15. The fourth-order valence-corrected chi connectivity index (χ4v) is 1.65. The van der Waals surface area contributed by atoms with Crippen molar-refractivity contribution in [3.63, 3.8) is 0 Å². The van der Waals surface area contributed by atoms with Gasteiger partial charge in [-0.3, -0.25) is 0 Å². The molecule has 1 aromatic carbocycles. The molecule has 0 radical (unpaired) electrons. The quantitative estimate of drug-likeness (QED) is 0.780. The fourth-order valence-electron chi connectivity index (χ4n) is 1.65. The highest BCUT2D eigenvalue weighted by Crippen LogP contribution is 2.19. The number of nitrogens with one attached hydrogen (secondary N) is 1. The van der Waals surface area contributed by atoms with Crippen LogP contribution in [0.1, 0.15) is 38.3 Å². The lowest BCUT2D eigenvalue weighted by molar-refractivity contribution is 0.162. The van der Waals surface area contributed by atoms with Crippen LogP contribution >= 0.6 is 0 Å². The molecule has 0 bridgehead atoms. The first kappa shape index (κ1) is 13.1. The summed E-state index contributed by atoms with van der Waals surface area (Å²) < 4.78 is 13.5. The van der Waals surface area contributed by atoms with Gasteiger partial charge in [-0.2, -0.15) is 0 Å². The van der Waals surface area contributed by atoms with Gasteiger partial charge in [0.1, 0.15) is 5.82 Å². The van der Waals surface area contributed by atoms with Gasteiger partial charge in [-0.1, -0.05) is 32.0 Å². The van der Waals surface area contributed by atoms with Gasteiger partial charge in [0.2, 0.25) is 0 Å². The predicted octanol–water partition coefficient (Wildman–Crippen LogP) is 2.64. The van der Waals surface area contributed by atoms with E-state index in [1.54, 1.807) is 12.1 Å². The van der Waals surface area contributed by atoms with E-state index in [0.29, 0.717) is 18.5 Å². The molecule has 2 atom stereocenters. The van der Waals surface area contributed by atoms with Crippen LogP contribution < -0.4 is 5.32 Å². The van der Waals surface area contributed by atoms with Crippen molar-refractivity contribution in [1.29, 1.82) is 0 Å². The zero-order chi connectivity index (χ0) is 12.0. The largest absolute Gasteiger partial charge is 0.392 e. The second-order valence-electron chi connectivity index (χ2n) is 3.95. The molecule has 90 valence electrons. The van der Waals surface area contributed by atoms with Gasteiger partial charge in [0, 0.05) is 18.2 Å². The van der Waals surface area contributed by atoms with Gasteiger partial charge < -0.3 is 10.4 Å². The van der Waals surface area contributed by atoms with Gasteiger partial charge in [0.25, 0.3) is 0 Å². The van der Waals surface area contributed by atoms with Crippen LogP contribution in [0.15, 0.2) is 24.3 Å². The van der Waals surface area contributed by atoms with Gasteiger partial charge in [0.15, 0.2) is 0 Å². The van der Waals surface area contributed by atoms with Crippen molar-refractivity contribution in [3.8, 4) is 0 Å². The van der Waals surface area contributed by atoms with E-state index in [-0.39, 0.29) is 18.0 Å². The number of halogens is 1. The van der Waals surface area contributed by atoms with Crippen LogP contribution in [0.4, 0.5) is 4.39 Å². The molecule has 0 spiro atoms. The summed E-state index contributed by atoms with van der Waals surface area (Å²) in [6.45, 7) is 4.43. The molecule has 0 fully saturated rings. The highest BCUT2D eigenvalue weighted by molar-refractivity contribution is 5.21. The van der Waals surface area contributed by atoms with E-state index in [0.717, 1.165) is 6.42 Å². The van der Waals surface area contributed by atoms with Crippen LogP contribution in [0.2, 0.25) is 0 Å². The second kappa shape index (κ2) is 6.61. The van der Waals surface area contributed by atoms with Crippen molar-refractivity contribution in [1.82, 2.24) is 5.32 Å². The van der Waals surface area contributed by atoms with E-state index in [2.05, 4.69) is 5.32 Å². The number of hydrogen-bond donors (Lipinski definition) is 2. The average molecular weight is 225 g/mol. The van der Waals surface area contributed by atoms with Crippen molar-refractivity contribution in [3.05, 3.63) is 35.6 Å². The van der Waals surface area contributed by atoms with Crippen molar-refractivity contribution < 1.29 is 9.50 Å². The van der Waals surface area contributed by atoms with Crippen LogP contribution in [0.5, 0.6) is 0 Å². The van der Waals surface area contributed by atoms with Crippen LogP contribution in [0.25, 0.3) is 0 Å². The summed E-state index contributed by atoms with van der Waals surface area (Å²) in [5.74, 6) is -0.187. The summed E-state index contributed by atoms with van der Waals surface area (Å²) in [5, 5.41) is 12.6. The Balaban J connectivity index is 2.64. The van der Waals surface area contributed by atoms with E-state index in [4.69, 9.17) is 0 Å². The Labute approximate surface area is 96.5 Å². The summed E-state index contributed by atoms with van der Waals surface area (Å²) in [6, 6.07) is 6.75. The first-order chi connectivity index (χ1) is 7.69. The molecule has 0 aliphatic heterocycles. The SMILES string of the molecule is CCC(O)CNC(CC)c1ccccc1F. The lowest BCUT2D eigenvalue weighted by atomic mass is 10.0. The molecule has 0 aromatic heterocycles. The Morgan fingerprint density at radius 1 is 1.25 bits per heavy atom. The van der Waals surface area contributed by atoms with Gasteiger partial charge in [-0.15, -0.1) is 0 Å². The number of rotatable bonds is 6. The average Bonchev–Trinajstić information content (AvgIpc) is 2.31. The standard InChI is InChI=1S/C13H20FNO/c1-3-10(16)9-15-13(4-2)11-7-5-6-8-12(11)14/h5-8,10,13,15-16H,3-4,9H2,1-2H3. The van der Waals surface area contributed by atoms with Crippen LogP contribution in [0.3, 0.4) is 0 Å². The topological polar surface area (TPSA) is 32.3 Å². The third-order valence-corrected chi connectivity index (χ3v) is 2.76. The molecule has 16 heavy (non-hydrogen) atoms. The molecule has 0 amide bonds. The number of benzene rings is 1. The van der Waals surface area contributed by atoms with Crippen molar-refractivity contribution in [2.75, 3.05) is 6.54 Å². The number of hydrogen-bond acceptors (Lipinski definition) is 2. The minimum Gasteiger partial charge on any atom is -0.392 e. The minimum atomic E-state index is -0.360. The normalized spacial score (nSPS) is 14.8. The van der Waals surface area contributed by atoms with Gasteiger partial charge >= 0.3 is 0 Å². The molecular formula is C13H20FNO. The zero-order valence-corrected chi connectivity index (χ0v) is 9.91. The zero-order valence-electron chi connectivity index (χ0n) is 9.91. The minimum absolute atomic E-state index is 0.0256. The van der Waals surface area contributed by atoms with Gasteiger partial charge in [0.05, 0.1) is 6.10 Å². The third kappa shape index (κ3) is 3.58. The summed E-state index contributed by atoms with van der Waals surface area (Å²) >= 11 is 0. The van der Waals surface area contributed by atoms with Crippen molar-refractivity contribution >= 4 is 0 Å². The molecule has 0 aliphatic carbocycles. The second-order valence-corrected chi connectivity index (χ2v) is 3.95. The van der Waals surface area contributed by atoms with Gasteiger partial charge in [-0.25, -0.2) is 4.39 Å². The fraction of sp³-hybridized carbons (Fsp3) is 0.538. The van der Waals surface area contributed by atoms with Crippen LogP contribution in [-0.2, 0) is 0 Å². The summed E-state index contributed by atoms with van der Waals surface area (Å²) in [7, 11) is 0. The van der Waals surface area contributed by atoms with Crippen molar-refractivity contribution in [2.45, 2.75) is 38.8 Å². The molecule has 0 aliphatic rings. The number of aliphatic hydroxyl groups is 1. The van der Waals surface area contributed by atoms with E-state index in [1.807, 2.05) is 19.9 Å². The number of aliphatic hydroxyl groups excluding tert-OH is 1. The molecule has 2 N–H and O–H groups in total. The predicted molar refractivity (Wildman–Crippen MR) is 63.7 cm³/mol. The van der Waals surface area contributed by atoms with E-state index in [1.165, 1.54) is 6.07 Å². The molecule has 0 saturated carbocycles. The van der Waals surface area contributed by atoms with E-state index in [9.17, 15) is 9.50 Å². The monoisotopic (exact) mass is 225 g/mol. The molecular weight excluding hydrogens is 205 g/mol. The maximum atomic E-state index is 13.5. The highest BCUT2D eigenvalue weighted by Gasteiger charge is 2.13. The molecule has 3 heteroatoms. The molecule has 2 nitrogen and oxygen atoms in total. The first-order valence-electron chi connectivity index (χ1n) is 5.84. The van der Waals surface area contributed by atoms with Crippen LogP contribution in [-0.4, -0.2) is 17.8 Å². The lowest BCUT2D eigenvalue weighted by Gasteiger charge is -2.19. The molecule has 1 aromatic rings. The maximum absolute atomic E-state index is 13.5. The highest BCUT2D eigenvalue weighted by atomic mass is 19.1. The van der Waals surface area contributed by atoms with Gasteiger partial charge in [-0.05, 0) is 18.9 Å². The van der Waals surface area contributed by atoms with Crippen LogP contribution in [0, 0.1) is 5.82 Å². The third-order valence-electron chi connectivity index (χ3n) is 2.76. The molecule has 0 heterocycles. The summed E-state index contributed by atoms with van der Waals surface area (Å²) in [4.78, 5) is 0. The Hall–Kier alpha value is -0.930. The maximum Gasteiger partial charge on any atom is 0.127 e. The lowest BCUT2D eigenvalue weighted by Crippen LogP contribution is -2.30. The molecule has 2 unspecified atom stereocenters. The van der Waals surface area contributed by atoms with E-state index < -0.39 is 0 Å². The Morgan fingerprint density at radius 2 is 1.94 bits per heavy atom. The molecule has 0 saturated heterocycles.